The first-order valence-electron chi connectivity index (χ1n) is 3.93. The minimum Gasteiger partial charge on any atom is -0.364 e. The summed E-state index contributed by atoms with van der Waals surface area (Å²) in [5.74, 6) is 2.68. The van der Waals surface area contributed by atoms with E-state index in [1.807, 2.05) is 27.0 Å². The maximum atomic E-state index is 5.28. The highest BCUT2D eigenvalue weighted by Gasteiger charge is 2.03. The van der Waals surface area contributed by atoms with E-state index < -0.39 is 0 Å². The van der Waals surface area contributed by atoms with E-state index in [0.29, 0.717) is 0 Å². The Kier molecular flexibility index (Phi) is 6.02. The van der Waals surface area contributed by atoms with E-state index in [1.165, 1.54) is 0 Å². The van der Waals surface area contributed by atoms with Gasteiger partial charge in [0.1, 0.15) is 0 Å². The molecule has 0 amide bonds. The summed E-state index contributed by atoms with van der Waals surface area (Å²) < 4.78 is 1.03. The van der Waals surface area contributed by atoms with E-state index in [0.717, 1.165) is 15.1 Å². The SMILES string of the molecule is C#CC(C)/C(S)=C(\C)NC=C(C)Br. The van der Waals surface area contributed by atoms with Crippen molar-refractivity contribution in [2.45, 2.75) is 20.8 Å². The van der Waals surface area contributed by atoms with Gasteiger partial charge in [-0.1, -0.05) is 21.9 Å². The lowest BCUT2D eigenvalue weighted by molar-refractivity contribution is 0.909. The normalized spacial score (nSPS) is 15.8. The molecule has 0 spiro atoms. The number of hydrogen-bond donors (Lipinski definition) is 2. The highest BCUT2D eigenvalue weighted by Crippen LogP contribution is 2.17. The van der Waals surface area contributed by atoms with Gasteiger partial charge in [0.2, 0.25) is 0 Å². The molecule has 1 unspecified atom stereocenters. The lowest BCUT2D eigenvalue weighted by Crippen LogP contribution is -2.06. The zero-order chi connectivity index (χ0) is 10.4. The van der Waals surface area contributed by atoms with Crippen molar-refractivity contribution in [2.24, 2.45) is 5.92 Å². The molecule has 0 saturated carbocycles. The predicted octanol–water partition coefficient (Wildman–Crippen LogP) is 3.26. The molecule has 0 saturated heterocycles. The van der Waals surface area contributed by atoms with Crippen molar-refractivity contribution < 1.29 is 0 Å². The molecule has 1 N–H and O–H groups in total. The first-order chi connectivity index (χ1) is 5.99. The van der Waals surface area contributed by atoms with Crippen molar-refractivity contribution >= 4 is 28.6 Å². The van der Waals surface area contributed by atoms with Gasteiger partial charge in [-0.2, -0.15) is 0 Å². The molecule has 0 heterocycles. The second-order valence-corrected chi connectivity index (χ2v) is 4.51. The second-order valence-electron chi connectivity index (χ2n) is 2.77. The molecule has 0 aliphatic carbocycles. The van der Waals surface area contributed by atoms with Crippen LogP contribution in [0.2, 0.25) is 0 Å². The van der Waals surface area contributed by atoms with Gasteiger partial charge in [-0.3, -0.25) is 0 Å². The van der Waals surface area contributed by atoms with Crippen LogP contribution < -0.4 is 5.32 Å². The Labute approximate surface area is 94.2 Å². The monoisotopic (exact) mass is 259 g/mol. The number of nitrogens with one attached hydrogen (secondary N) is 1. The first kappa shape index (κ1) is 12.7. The Morgan fingerprint density at radius 2 is 2.15 bits per heavy atom. The number of halogens is 1. The van der Waals surface area contributed by atoms with Crippen molar-refractivity contribution in [3.8, 4) is 12.3 Å². The van der Waals surface area contributed by atoms with Crippen LogP contribution in [-0.4, -0.2) is 0 Å². The molecule has 0 radical (unpaired) electrons. The zero-order valence-corrected chi connectivity index (χ0v) is 10.5. The van der Waals surface area contributed by atoms with Crippen LogP contribution in [0.3, 0.4) is 0 Å². The van der Waals surface area contributed by atoms with E-state index >= 15 is 0 Å². The summed E-state index contributed by atoms with van der Waals surface area (Å²) >= 11 is 7.65. The third-order valence-corrected chi connectivity index (χ3v) is 2.48. The molecule has 0 aliphatic heterocycles. The van der Waals surface area contributed by atoms with Crippen LogP contribution in [0, 0.1) is 18.3 Å². The summed E-state index contributed by atoms with van der Waals surface area (Å²) in [7, 11) is 0. The van der Waals surface area contributed by atoms with Crippen LogP contribution in [0.4, 0.5) is 0 Å². The number of terminal acetylenes is 1. The van der Waals surface area contributed by atoms with Gasteiger partial charge in [-0.05, 0) is 20.8 Å². The van der Waals surface area contributed by atoms with Crippen molar-refractivity contribution in [1.82, 2.24) is 5.32 Å². The quantitative estimate of drug-likeness (QED) is 0.586. The Balaban J connectivity index is 4.47. The van der Waals surface area contributed by atoms with Crippen LogP contribution in [-0.2, 0) is 0 Å². The summed E-state index contributed by atoms with van der Waals surface area (Å²) in [6.07, 6.45) is 7.14. The summed E-state index contributed by atoms with van der Waals surface area (Å²) in [4.78, 5) is 0.896. The van der Waals surface area contributed by atoms with Crippen molar-refractivity contribution in [2.75, 3.05) is 0 Å². The number of rotatable bonds is 3. The molecule has 1 atom stereocenters. The smallest absolute Gasteiger partial charge is 0.0495 e. The van der Waals surface area contributed by atoms with E-state index in [2.05, 4.69) is 39.8 Å². The van der Waals surface area contributed by atoms with E-state index in [9.17, 15) is 0 Å². The van der Waals surface area contributed by atoms with Gasteiger partial charge < -0.3 is 5.32 Å². The van der Waals surface area contributed by atoms with E-state index in [-0.39, 0.29) is 5.92 Å². The Morgan fingerprint density at radius 3 is 2.54 bits per heavy atom. The van der Waals surface area contributed by atoms with Gasteiger partial charge in [0.05, 0.1) is 0 Å². The molecule has 3 heteroatoms. The molecular formula is C10H14BrNS. The van der Waals surface area contributed by atoms with Gasteiger partial charge in [-0.15, -0.1) is 19.1 Å². The average molecular weight is 260 g/mol. The van der Waals surface area contributed by atoms with Crippen molar-refractivity contribution in [3.05, 3.63) is 21.3 Å². The van der Waals surface area contributed by atoms with Gasteiger partial charge in [0.25, 0.3) is 0 Å². The van der Waals surface area contributed by atoms with Crippen molar-refractivity contribution in [3.63, 3.8) is 0 Å². The van der Waals surface area contributed by atoms with E-state index in [1.54, 1.807) is 0 Å². The minimum absolute atomic E-state index is 0.0554. The highest BCUT2D eigenvalue weighted by atomic mass is 79.9. The van der Waals surface area contributed by atoms with Gasteiger partial charge >= 0.3 is 0 Å². The van der Waals surface area contributed by atoms with Crippen LogP contribution in [0.1, 0.15) is 20.8 Å². The third kappa shape index (κ3) is 5.07. The molecule has 1 nitrogen and oxygen atoms in total. The van der Waals surface area contributed by atoms with Gasteiger partial charge in [-0.25, -0.2) is 0 Å². The molecule has 0 rings (SSSR count). The zero-order valence-electron chi connectivity index (χ0n) is 8.06. The fraction of sp³-hybridized carbons (Fsp3) is 0.400. The van der Waals surface area contributed by atoms with Crippen LogP contribution in [0.25, 0.3) is 0 Å². The standard InChI is InChI=1S/C10H14BrNS/c1-5-7(2)10(13)9(4)12-6-8(3)11/h1,6-7,12-13H,2-4H3/b8-6?,10-9-. The number of thiol groups is 1. The lowest BCUT2D eigenvalue weighted by atomic mass is 10.1. The third-order valence-electron chi connectivity index (χ3n) is 1.53. The van der Waals surface area contributed by atoms with Crippen LogP contribution in [0.15, 0.2) is 21.3 Å². The maximum Gasteiger partial charge on any atom is 0.0495 e. The summed E-state index contributed by atoms with van der Waals surface area (Å²) in [6.45, 7) is 5.84. The first-order valence-corrected chi connectivity index (χ1v) is 5.17. The van der Waals surface area contributed by atoms with E-state index in [4.69, 9.17) is 6.42 Å². The highest BCUT2D eigenvalue weighted by molar-refractivity contribution is 9.11. The van der Waals surface area contributed by atoms with Crippen LogP contribution in [0.5, 0.6) is 0 Å². The largest absolute Gasteiger partial charge is 0.364 e. The Hall–Kier alpha value is -0.330. The number of hydrogen-bond acceptors (Lipinski definition) is 2. The second kappa shape index (κ2) is 6.17. The molecular weight excluding hydrogens is 246 g/mol. The topological polar surface area (TPSA) is 12.0 Å². The molecule has 0 fully saturated rings. The average Bonchev–Trinajstić information content (AvgIpc) is 2.11. The summed E-state index contributed by atoms with van der Waals surface area (Å²) in [5, 5.41) is 3.10. The van der Waals surface area contributed by atoms with Crippen LogP contribution >= 0.6 is 28.6 Å². The Bertz CT molecular complexity index is 269. The van der Waals surface area contributed by atoms with Crippen molar-refractivity contribution in [1.29, 1.82) is 0 Å². The number of allylic oxidation sites excluding steroid dienone is 3. The summed E-state index contributed by atoms with van der Waals surface area (Å²) in [5.41, 5.74) is 0.979. The maximum absolute atomic E-state index is 5.28. The lowest BCUT2D eigenvalue weighted by Gasteiger charge is -2.09. The predicted molar refractivity (Wildman–Crippen MR) is 65.5 cm³/mol. The molecule has 72 valence electrons. The molecule has 0 aromatic heterocycles. The summed E-state index contributed by atoms with van der Waals surface area (Å²) in [6, 6.07) is 0. The molecule has 0 aromatic carbocycles. The molecule has 0 aliphatic rings. The molecule has 0 aromatic rings. The van der Waals surface area contributed by atoms with Gasteiger partial charge in [0.15, 0.2) is 0 Å². The molecule has 13 heavy (non-hydrogen) atoms. The fourth-order valence-electron chi connectivity index (χ4n) is 0.685. The molecule has 0 bridgehead atoms. The minimum atomic E-state index is 0.0554. The Morgan fingerprint density at radius 1 is 1.62 bits per heavy atom. The van der Waals surface area contributed by atoms with Gasteiger partial charge in [0, 0.05) is 27.2 Å². The fourth-order valence-corrected chi connectivity index (χ4v) is 0.939.